The van der Waals surface area contributed by atoms with Crippen molar-refractivity contribution in [3.8, 4) is 5.69 Å². The van der Waals surface area contributed by atoms with Gasteiger partial charge in [0.2, 0.25) is 0 Å². The molecule has 0 saturated heterocycles. The Morgan fingerprint density at radius 1 is 1.12 bits per heavy atom. The molecule has 3 rings (SSSR count). The molecule has 1 heterocycles. The van der Waals surface area contributed by atoms with Crippen LogP contribution in [0.5, 0.6) is 0 Å². The second-order valence-corrected chi connectivity index (χ2v) is 6.54. The maximum absolute atomic E-state index is 12.4. The summed E-state index contributed by atoms with van der Waals surface area (Å²) in [7, 11) is 0. The van der Waals surface area contributed by atoms with E-state index < -0.39 is 0 Å². The van der Waals surface area contributed by atoms with Crippen molar-refractivity contribution in [1.29, 1.82) is 0 Å². The van der Waals surface area contributed by atoms with Gasteiger partial charge in [-0.2, -0.15) is 5.10 Å². The molecule has 0 fully saturated rings. The number of halogens is 2. The summed E-state index contributed by atoms with van der Waals surface area (Å²) < 4.78 is 1.71. The SMILES string of the molecule is Cc1c(C(=O)NCCc2ccc(Cl)cc2)cnn1-c1cccc(Cl)c1. The lowest BCUT2D eigenvalue weighted by Crippen LogP contribution is -2.26. The number of hydrogen-bond acceptors (Lipinski definition) is 2. The summed E-state index contributed by atoms with van der Waals surface area (Å²) in [4.78, 5) is 12.4. The Morgan fingerprint density at radius 3 is 2.60 bits per heavy atom. The smallest absolute Gasteiger partial charge is 0.254 e. The predicted molar refractivity (Wildman–Crippen MR) is 101 cm³/mol. The van der Waals surface area contributed by atoms with Gasteiger partial charge in [-0.15, -0.1) is 0 Å². The van der Waals surface area contributed by atoms with Crippen molar-refractivity contribution < 1.29 is 4.79 Å². The number of hydrogen-bond donors (Lipinski definition) is 1. The van der Waals surface area contributed by atoms with Crippen molar-refractivity contribution in [3.05, 3.63) is 81.6 Å². The Bertz CT molecular complexity index is 888. The topological polar surface area (TPSA) is 46.9 Å². The fraction of sp³-hybridized carbons (Fsp3) is 0.158. The molecule has 25 heavy (non-hydrogen) atoms. The first-order valence-corrected chi connectivity index (χ1v) is 8.63. The highest BCUT2D eigenvalue weighted by atomic mass is 35.5. The number of rotatable bonds is 5. The molecule has 0 aliphatic rings. The van der Waals surface area contributed by atoms with Gasteiger partial charge in [0.1, 0.15) is 0 Å². The minimum atomic E-state index is -0.139. The molecule has 128 valence electrons. The number of aromatic nitrogens is 2. The van der Waals surface area contributed by atoms with E-state index in [1.165, 1.54) is 0 Å². The number of amides is 1. The van der Waals surface area contributed by atoms with Gasteiger partial charge in [-0.1, -0.05) is 41.4 Å². The van der Waals surface area contributed by atoms with Crippen LogP contribution in [0, 0.1) is 6.92 Å². The highest BCUT2D eigenvalue weighted by Crippen LogP contribution is 2.18. The third-order valence-electron chi connectivity index (χ3n) is 3.92. The van der Waals surface area contributed by atoms with E-state index in [-0.39, 0.29) is 5.91 Å². The lowest BCUT2D eigenvalue weighted by Gasteiger charge is -2.07. The van der Waals surface area contributed by atoms with Crippen LogP contribution >= 0.6 is 23.2 Å². The lowest BCUT2D eigenvalue weighted by molar-refractivity contribution is 0.0953. The zero-order chi connectivity index (χ0) is 17.8. The minimum absolute atomic E-state index is 0.139. The van der Waals surface area contributed by atoms with Gasteiger partial charge in [0.25, 0.3) is 5.91 Å². The molecule has 4 nitrogen and oxygen atoms in total. The zero-order valence-corrected chi connectivity index (χ0v) is 15.2. The maximum atomic E-state index is 12.4. The summed E-state index contributed by atoms with van der Waals surface area (Å²) in [6, 6.07) is 15.0. The molecule has 0 radical (unpaired) electrons. The van der Waals surface area contributed by atoms with E-state index in [9.17, 15) is 4.79 Å². The zero-order valence-electron chi connectivity index (χ0n) is 13.7. The summed E-state index contributed by atoms with van der Waals surface area (Å²) in [6.07, 6.45) is 2.32. The third-order valence-corrected chi connectivity index (χ3v) is 4.41. The summed E-state index contributed by atoms with van der Waals surface area (Å²) in [5.41, 5.74) is 3.27. The van der Waals surface area contributed by atoms with Crippen LogP contribution < -0.4 is 5.32 Å². The molecule has 0 spiro atoms. The van der Waals surface area contributed by atoms with Crippen LogP contribution in [-0.2, 0) is 6.42 Å². The normalized spacial score (nSPS) is 10.7. The molecular weight excluding hydrogens is 357 g/mol. The van der Waals surface area contributed by atoms with Gasteiger partial charge in [-0.3, -0.25) is 4.79 Å². The fourth-order valence-corrected chi connectivity index (χ4v) is 2.88. The van der Waals surface area contributed by atoms with Crippen molar-refractivity contribution in [2.45, 2.75) is 13.3 Å². The van der Waals surface area contributed by atoms with Crippen LogP contribution in [0.2, 0.25) is 10.0 Å². The van der Waals surface area contributed by atoms with Crippen LogP contribution in [-0.4, -0.2) is 22.2 Å². The number of nitrogens with zero attached hydrogens (tertiary/aromatic N) is 2. The van der Waals surface area contributed by atoms with Gasteiger partial charge in [0.15, 0.2) is 0 Å². The average molecular weight is 374 g/mol. The van der Waals surface area contributed by atoms with Gasteiger partial charge in [-0.05, 0) is 49.2 Å². The number of carbonyl (C=O) groups excluding carboxylic acids is 1. The van der Waals surface area contributed by atoms with Gasteiger partial charge in [0.05, 0.1) is 23.1 Å². The Kier molecular flexibility index (Phi) is 5.41. The number of benzene rings is 2. The highest BCUT2D eigenvalue weighted by molar-refractivity contribution is 6.30. The Labute approximate surface area is 156 Å². The first-order valence-electron chi connectivity index (χ1n) is 7.88. The Hall–Kier alpha value is -2.30. The summed E-state index contributed by atoms with van der Waals surface area (Å²) in [5.74, 6) is -0.139. The molecule has 0 aliphatic carbocycles. The van der Waals surface area contributed by atoms with E-state index in [0.29, 0.717) is 22.2 Å². The van der Waals surface area contributed by atoms with Crippen LogP contribution in [0.4, 0.5) is 0 Å². The summed E-state index contributed by atoms with van der Waals surface area (Å²) in [5, 5.41) is 8.57. The molecule has 0 aliphatic heterocycles. The standard InChI is InChI=1S/C19H17Cl2N3O/c1-13-18(12-23-24(13)17-4-2-3-16(21)11-17)19(25)22-10-9-14-5-7-15(20)8-6-14/h2-8,11-12H,9-10H2,1H3,(H,22,25). The molecular formula is C19H17Cl2N3O. The minimum Gasteiger partial charge on any atom is -0.352 e. The van der Waals surface area contributed by atoms with Gasteiger partial charge in [-0.25, -0.2) is 4.68 Å². The molecule has 0 bridgehead atoms. The van der Waals surface area contributed by atoms with Crippen molar-refractivity contribution in [2.75, 3.05) is 6.54 Å². The van der Waals surface area contributed by atoms with E-state index in [1.54, 1.807) is 16.9 Å². The molecule has 0 unspecified atom stereocenters. The van der Waals surface area contributed by atoms with E-state index in [1.807, 2.05) is 49.4 Å². The van der Waals surface area contributed by atoms with Crippen LogP contribution in [0.15, 0.2) is 54.7 Å². The van der Waals surface area contributed by atoms with Crippen LogP contribution in [0.25, 0.3) is 5.69 Å². The number of carbonyl (C=O) groups is 1. The molecule has 1 amide bonds. The average Bonchev–Trinajstić information content (AvgIpc) is 2.98. The largest absolute Gasteiger partial charge is 0.352 e. The van der Waals surface area contributed by atoms with Crippen molar-refractivity contribution >= 4 is 29.1 Å². The highest BCUT2D eigenvalue weighted by Gasteiger charge is 2.14. The van der Waals surface area contributed by atoms with Gasteiger partial charge < -0.3 is 5.32 Å². The molecule has 2 aromatic carbocycles. The van der Waals surface area contributed by atoms with E-state index >= 15 is 0 Å². The fourth-order valence-electron chi connectivity index (χ4n) is 2.57. The second-order valence-electron chi connectivity index (χ2n) is 5.67. The predicted octanol–water partition coefficient (Wildman–Crippen LogP) is 4.46. The van der Waals surface area contributed by atoms with Crippen LogP contribution in [0.1, 0.15) is 21.6 Å². The molecule has 6 heteroatoms. The monoisotopic (exact) mass is 373 g/mol. The first kappa shape index (κ1) is 17.5. The van der Waals surface area contributed by atoms with Crippen molar-refractivity contribution in [2.24, 2.45) is 0 Å². The van der Waals surface area contributed by atoms with E-state index in [2.05, 4.69) is 10.4 Å². The number of nitrogens with one attached hydrogen (secondary N) is 1. The van der Waals surface area contributed by atoms with Crippen molar-refractivity contribution in [3.63, 3.8) is 0 Å². The lowest BCUT2D eigenvalue weighted by atomic mass is 10.1. The molecule has 1 N–H and O–H groups in total. The molecule has 3 aromatic rings. The Balaban J connectivity index is 1.65. The quantitative estimate of drug-likeness (QED) is 0.717. The van der Waals surface area contributed by atoms with Crippen LogP contribution in [0.3, 0.4) is 0 Å². The summed E-state index contributed by atoms with van der Waals surface area (Å²) >= 11 is 11.9. The van der Waals surface area contributed by atoms with Crippen molar-refractivity contribution in [1.82, 2.24) is 15.1 Å². The first-order chi connectivity index (χ1) is 12.0. The third kappa shape index (κ3) is 4.21. The molecule has 0 saturated carbocycles. The van der Waals surface area contributed by atoms with E-state index in [0.717, 1.165) is 23.4 Å². The molecule has 1 aromatic heterocycles. The second kappa shape index (κ2) is 7.72. The van der Waals surface area contributed by atoms with Gasteiger partial charge in [0, 0.05) is 16.6 Å². The maximum Gasteiger partial charge on any atom is 0.254 e. The summed E-state index contributed by atoms with van der Waals surface area (Å²) in [6.45, 7) is 2.41. The van der Waals surface area contributed by atoms with E-state index in [4.69, 9.17) is 23.2 Å². The molecule has 0 atom stereocenters. The Morgan fingerprint density at radius 2 is 1.88 bits per heavy atom. The van der Waals surface area contributed by atoms with Gasteiger partial charge >= 0.3 is 0 Å².